The van der Waals surface area contributed by atoms with Crippen LogP contribution in [0.2, 0.25) is 0 Å². The predicted molar refractivity (Wildman–Crippen MR) is 156 cm³/mol. The van der Waals surface area contributed by atoms with Crippen molar-refractivity contribution in [3.05, 3.63) is 70.9 Å². The first-order chi connectivity index (χ1) is 20.4. The van der Waals surface area contributed by atoms with Crippen molar-refractivity contribution in [2.75, 3.05) is 49.6 Å². The number of hydrogen-bond acceptors (Lipinski definition) is 9. The summed E-state index contributed by atoms with van der Waals surface area (Å²) in [5.41, 5.74) is 8.57. The van der Waals surface area contributed by atoms with Gasteiger partial charge < -0.3 is 30.9 Å². The molecule has 0 radical (unpaired) electrons. The average Bonchev–Trinajstić information content (AvgIpc) is 3.87. The molecule has 3 heterocycles. The van der Waals surface area contributed by atoms with E-state index in [1.165, 1.54) is 18.4 Å². The van der Waals surface area contributed by atoms with Crippen molar-refractivity contribution >= 4 is 35.2 Å². The molecule has 218 valence electrons. The summed E-state index contributed by atoms with van der Waals surface area (Å²) in [6.07, 6.45) is 4.10. The lowest BCUT2D eigenvalue weighted by Gasteiger charge is -2.33. The van der Waals surface area contributed by atoms with Crippen molar-refractivity contribution in [1.82, 2.24) is 25.4 Å². The molecular formula is C30H34N8O4. The number of rotatable bonds is 8. The smallest absolute Gasteiger partial charge is 0.273 e. The largest absolute Gasteiger partial charge is 0.378 e. The minimum absolute atomic E-state index is 0.0596. The normalized spacial score (nSPS) is 18.8. The maximum absolute atomic E-state index is 12.9. The van der Waals surface area contributed by atoms with Crippen LogP contribution in [0.4, 0.5) is 17.5 Å². The minimum Gasteiger partial charge on any atom is -0.378 e. The standard InChI is InChI=1S/C30H34N8O4/c31-26(39)25-27(32-23-11-9-22(10-12-23)29(41)37-14-16-42-17-15-37)34-30(36-35-25)38-13-1-2-24(18-38)33-28(40)21-7-5-20(6-8-21)19-3-4-19/h5-12,19,24H,1-4,13-18H2,(H2,31,39)(H,33,40)(H,32,34,36)/t24-/m1/s1. The number of aromatic nitrogens is 3. The number of nitrogens with two attached hydrogens (primary N) is 1. The van der Waals surface area contributed by atoms with Gasteiger partial charge >= 0.3 is 0 Å². The Morgan fingerprint density at radius 1 is 0.881 bits per heavy atom. The fraction of sp³-hybridized carbons (Fsp3) is 0.400. The summed E-state index contributed by atoms with van der Waals surface area (Å²) in [5.74, 6) is 0.212. The lowest BCUT2D eigenvalue weighted by molar-refractivity contribution is 0.0303. The summed E-state index contributed by atoms with van der Waals surface area (Å²) in [6.45, 7) is 3.36. The van der Waals surface area contributed by atoms with Crippen LogP contribution in [0.1, 0.15) is 68.4 Å². The number of carbonyl (C=O) groups is 3. The third-order valence-electron chi connectivity index (χ3n) is 7.86. The van der Waals surface area contributed by atoms with Crippen LogP contribution in [0.3, 0.4) is 0 Å². The molecule has 0 spiro atoms. The van der Waals surface area contributed by atoms with Crippen LogP contribution in [0.15, 0.2) is 48.5 Å². The molecule has 3 amide bonds. The first-order valence-corrected chi connectivity index (χ1v) is 14.4. The Labute approximate surface area is 243 Å². The van der Waals surface area contributed by atoms with E-state index < -0.39 is 5.91 Å². The van der Waals surface area contributed by atoms with Crippen LogP contribution in [0, 0.1) is 0 Å². The van der Waals surface area contributed by atoms with E-state index in [2.05, 4.69) is 25.8 Å². The summed E-state index contributed by atoms with van der Waals surface area (Å²) >= 11 is 0. The second-order valence-electron chi connectivity index (χ2n) is 10.9. The van der Waals surface area contributed by atoms with Crippen LogP contribution in [-0.2, 0) is 4.74 Å². The molecule has 2 aromatic carbocycles. The highest BCUT2D eigenvalue weighted by molar-refractivity contribution is 5.97. The summed E-state index contributed by atoms with van der Waals surface area (Å²) in [7, 11) is 0. The molecular weight excluding hydrogens is 536 g/mol. The SMILES string of the molecule is NC(=O)c1nnc(N2CCC[C@@H](NC(=O)c3ccc(C4CC4)cc3)C2)nc1Nc1ccc(C(=O)N2CCOCC2)cc1. The number of hydrogen-bond donors (Lipinski definition) is 3. The second kappa shape index (κ2) is 12.1. The number of amides is 3. The summed E-state index contributed by atoms with van der Waals surface area (Å²) in [6, 6.07) is 14.7. The summed E-state index contributed by atoms with van der Waals surface area (Å²) in [4.78, 5) is 46.1. The number of morpholine rings is 1. The molecule has 1 atom stereocenters. The predicted octanol–water partition coefficient (Wildman–Crippen LogP) is 2.46. The van der Waals surface area contributed by atoms with E-state index in [0.717, 1.165) is 12.8 Å². The Hall–Kier alpha value is -4.58. The van der Waals surface area contributed by atoms with Crippen molar-refractivity contribution in [2.24, 2.45) is 5.73 Å². The Bertz CT molecular complexity index is 1450. The molecule has 12 nitrogen and oxygen atoms in total. The van der Waals surface area contributed by atoms with Crippen LogP contribution in [0.5, 0.6) is 0 Å². The number of anilines is 3. The van der Waals surface area contributed by atoms with E-state index in [0.29, 0.717) is 68.1 Å². The molecule has 42 heavy (non-hydrogen) atoms. The van der Waals surface area contributed by atoms with Gasteiger partial charge in [-0.2, -0.15) is 4.98 Å². The van der Waals surface area contributed by atoms with Gasteiger partial charge in [-0.25, -0.2) is 0 Å². The van der Waals surface area contributed by atoms with Gasteiger partial charge in [0.2, 0.25) is 5.95 Å². The number of piperidine rings is 1. The number of nitrogens with zero attached hydrogens (tertiary/aromatic N) is 5. The van der Waals surface area contributed by atoms with Gasteiger partial charge in [0.15, 0.2) is 11.5 Å². The lowest BCUT2D eigenvalue weighted by Crippen LogP contribution is -2.48. The van der Waals surface area contributed by atoms with Crippen molar-refractivity contribution in [1.29, 1.82) is 0 Å². The molecule has 3 aromatic rings. The fourth-order valence-electron chi connectivity index (χ4n) is 5.36. The van der Waals surface area contributed by atoms with Crippen LogP contribution in [0.25, 0.3) is 0 Å². The maximum Gasteiger partial charge on any atom is 0.273 e. The Morgan fingerprint density at radius 2 is 1.60 bits per heavy atom. The lowest BCUT2D eigenvalue weighted by atomic mass is 10.0. The molecule has 1 aliphatic carbocycles. The third kappa shape index (κ3) is 6.33. The van der Waals surface area contributed by atoms with Gasteiger partial charge in [0.1, 0.15) is 0 Å². The Balaban J connectivity index is 1.12. The molecule has 1 saturated carbocycles. The van der Waals surface area contributed by atoms with Gasteiger partial charge in [-0.05, 0) is 73.6 Å². The van der Waals surface area contributed by atoms with Crippen LogP contribution in [-0.4, -0.2) is 83.2 Å². The van der Waals surface area contributed by atoms with Gasteiger partial charge in [0, 0.05) is 49.0 Å². The molecule has 12 heteroatoms. The first kappa shape index (κ1) is 27.6. The average molecular weight is 571 g/mol. The molecule has 0 unspecified atom stereocenters. The zero-order valence-corrected chi connectivity index (χ0v) is 23.3. The van der Waals surface area contributed by atoms with Gasteiger partial charge in [-0.1, -0.05) is 12.1 Å². The van der Waals surface area contributed by atoms with Crippen LogP contribution >= 0.6 is 0 Å². The Kier molecular flexibility index (Phi) is 7.95. The van der Waals surface area contributed by atoms with Gasteiger partial charge in [-0.3, -0.25) is 14.4 Å². The third-order valence-corrected chi connectivity index (χ3v) is 7.86. The molecule has 3 aliphatic rings. The maximum atomic E-state index is 12.9. The highest BCUT2D eigenvalue weighted by Gasteiger charge is 2.27. The first-order valence-electron chi connectivity index (χ1n) is 14.4. The zero-order valence-electron chi connectivity index (χ0n) is 23.3. The molecule has 4 N–H and O–H groups in total. The molecule has 6 rings (SSSR count). The Morgan fingerprint density at radius 3 is 2.29 bits per heavy atom. The van der Waals surface area contributed by atoms with Crippen molar-refractivity contribution in [3.8, 4) is 0 Å². The number of carbonyl (C=O) groups excluding carboxylic acids is 3. The van der Waals surface area contributed by atoms with E-state index >= 15 is 0 Å². The van der Waals surface area contributed by atoms with Gasteiger partial charge in [0.05, 0.1) is 13.2 Å². The van der Waals surface area contributed by atoms with Crippen molar-refractivity contribution in [3.63, 3.8) is 0 Å². The van der Waals surface area contributed by atoms with Gasteiger partial charge in [0.25, 0.3) is 17.7 Å². The van der Waals surface area contributed by atoms with Crippen molar-refractivity contribution in [2.45, 2.75) is 37.6 Å². The summed E-state index contributed by atoms with van der Waals surface area (Å²) in [5, 5.41) is 14.5. The highest BCUT2D eigenvalue weighted by atomic mass is 16.5. The van der Waals surface area contributed by atoms with E-state index in [-0.39, 0.29) is 29.4 Å². The summed E-state index contributed by atoms with van der Waals surface area (Å²) < 4.78 is 5.33. The molecule has 2 saturated heterocycles. The number of nitrogens with one attached hydrogen (secondary N) is 2. The molecule has 1 aromatic heterocycles. The quantitative estimate of drug-likeness (QED) is 0.370. The molecule has 0 bridgehead atoms. The highest BCUT2D eigenvalue weighted by Crippen LogP contribution is 2.39. The molecule has 3 fully saturated rings. The minimum atomic E-state index is -0.764. The van der Waals surface area contributed by atoms with E-state index in [4.69, 9.17) is 10.5 Å². The fourth-order valence-corrected chi connectivity index (χ4v) is 5.36. The van der Waals surface area contributed by atoms with Crippen molar-refractivity contribution < 1.29 is 19.1 Å². The number of primary amides is 1. The van der Waals surface area contributed by atoms with E-state index in [1.807, 2.05) is 29.2 Å². The van der Waals surface area contributed by atoms with E-state index in [1.54, 1.807) is 29.2 Å². The molecule has 2 aliphatic heterocycles. The van der Waals surface area contributed by atoms with E-state index in [9.17, 15) is 14.4 Å². The topological polar surface area (TPSA) is 156 Å². The number of benzene rings is 2. The second-order valence-corrected chi connectivity index (χ2v) is 10.9. The monoisotopic (exact) mass is 570 g/mol. The number of ether oxygens (including phenoxy) is 1. The van der Waals surface area contributed by atoms with Gasteiger partial charge in [-0.15, -0.1) is 10.2 Å². The zero-order chi connectivity index (χ0) is 29.1. The van der Waals surface area contributed by atoms with Crippen LogP contribution < -0.4 is 21.3 Å².